The van der Waals surface area contributed by atoms with Gasteiger partial charge in [-0.05, 0) is 12.1 Å². The number of aromatic nitrogens is 1. The Labute approximate surface area is 71.3 Å². The Hall–Kier alpha value is -1.57. The number of aliphatic imine (C=N–C) groups is 1. The van der Waals surface area contributed by atoms with Crippen LogP contribution in [0.5, 0.6) is 0 Å². The van der Waals surface area contributed by atoms with Gasteiger partial charge in [-0.25, -0.2) is 0 Å². The number of H-pyrrole nitrogens is 1. The van der Waals surface area contributed by atoms with Gasteiger partial charge in [-0.3, -0.25) is 4.99 Å². The lowest BCUT2D eigenvalue weighted by Gasteiger charge is -1.93. The lowest BCUT2D eigenvalue weighted by Crippen LogP contribution is -1.75. The molecule has 0 saturated carbocycles. The van der Waals surface area contributed by atoms with Crippen molar-refractivity contribution in [2.75, 3.05) is 0 Å². The number of nitrogens with zero attached hydrogens (tertiary/aromatic N) is 1. The molecule has 0 saturated heterocycles. The summed E-state index contributed by atoms with van der Waals surface area (Å²) < 4.78 is 0. The van der Waals surface area contributed by atoms with Crippen LogP contribution >= 0.6 is 0 Å². The topological polar surface area (TPSA) is 28.1 Å². The zero-order valence-electron chi connectivity index (χ0n) is 6.70. The standard InChI is InChI=1S/C10H10N2/c1-2-4-10(12-6-3-1)9-5-7-11-8-9/h1-2,4-8,11H,3H2. The van der Waals surface area contributed by atoms with Gasteiger partial charge in [0.25, 0.3) is 0 Å². The Morgan fingerprint density at radius 1 is 1.42 bits per heavy atom. The van der Waals surface area contributed by atoms with Gasteiger partial charge in [0.2, 0.25) is 0 Å². The van der Waals surface area contributed by atoms with Crippen molar-refractivity contribution in [2.45, 2.75) is 6.42 Å². The number of nitrogens with one attached hydrogen (secondary N) is 1. The summed E-state index contributed by atoms with van der Waals surface area (Å²) in [6.45, 7) is 0. The third kappa shape index (κ3) is 1.37. The van der Waals surface area contributed by atoms with E-state index in [0.29, 0.717) is 0 Å². The van der Waals surface area contributed by atoms with Gasteiger partial charge in [-0.15, -0.1) is 0 Å². The lowest BCUT2D eigenvalue weighted by atomic mass is 10.2. The molecule has 12 heavy (non-hydrogen) atoms. The molecule has 2 heterocycles. The highest BCUT2D eigenvalue weighted by Gasteiger charge is 1.98. The van der Waals surface area contributed by atoms with Crippen molar-refractivity contribution < 1.29 is 0 Å². The van der Waals surface area contributed by atoms with Gasteiger partial charge in [0.05, 0.1) is 5.70 Å². The Bertz CT molecular complexity index is 329. The smallest absolute Gasteiger partial charge is 0.0713 e. The highest BCUT2D eigenvalue weighted by molar-refractivity contribution is 5.76. The van der Waals surface area contributed by atoms with Crippen molar-refractivity contribution in [1.29, 1.82) is 0 Å². The molecule has 0 radical (unpaired) electrons. The third-order valence-corrected chi connectivity index (χ3v) is 1.76. The predicted octanol–water partition coefficient (Wildman–Crippen LogP) is 2.39. The van der Waals surface area contributed by atoms with Crippen LogP contribution in [0.2, 0.25) is 0 Å². The summed E-state index contributed by atoms with van der Waals surface area (Å²) in [6, 6.07) is 2.02. The summed E-state index contributed by atoms with van der Waals surface area (Å²) in [5.41, 5.74) is 2.16. The van der Waals surface area contributed by atoms with E-state index in [1.54, 1.807) is 0 Å². The molecule has 2 heteroatoms. The first-order valence-corrected chi connectivity index (χ1v) is 3.99. The molecular weight excluding hydrogens is 148 g/mol. The van der Waals surface area contributed by atoms with Crippen molar-refractivity contribution in [3.8, 4) is 0 Å². The minimum Gasteiger partial charge on any atom is -0.367 e. The van der Waals surface area contributed by atoms with Crippen LogP contribution in [0.3, 0.4) is 0 Å². The predicted molar refractivity (Wildman–Crippen MR) is 51.0 cm³/mol. The fourth-order valence-corrected chi connectivity index (χ4v) is 1.15. The zero-order valence-corrected chi connectivity index (χ0v) is 6.70. The summed E-state index contributed by atoms with van der Waals surface area (Å²) >= 11 is 0. The molecule has 2 rings (SSSR count). The summed E-state index contributed by atoms with van der Waals surface area (Å²) in [5, 5.41) is 0. The van der Waals surface area contributed by atoms with Gasteiger partial charge in [0.15, 0.2) is 0 Å². The van der Waals surface area contributed by atoms with Gasteiger partial charge < -0.3 is 4.98 Å². The van der Waals surface area contributed by atoms with Crippen LogP contribution in [0, 0.1) is 0 Å². The first-order valence-electron chi connectivity index (χ1n) is 3.99. The van der Waals surface area contributed by atoms with E-state index in [1.807, 2.05) is 36.8 Å². The van der Waals surface area contributed by atoms with Crippen molar-refractivity contribution >= 4 is 11.9 Å². The molecular formula is C10H10N2. The fourth-order valence-electron chi connectivity index (χ4n) is 1.15. The van der Waals surface area contributed by atoms with Crippen LogP contribution < -0.4 is 0 Å². The largest absolute Gasteiger partial charge is 0.367 e. The molecule has 0 spiro atoms. The van der Waals surface area contributed by atoms with Gasteiger partial charge in [0, 0.05) is 30.6 Å². The van der Waals surface area contributed by atoms with Crippen LogP contribution in [0.1, 0.15) is 12.0 Å². The van der Waals surface area contributed by atoms with E-state index in [1.165, 1.54) is 0 Å². The second-order valence-corrected chi connectivity index (χ2v) is 2.63. The van der Waals surface area contributed by atoms with E-state index >= 15 is 0 Å². The number of hydrogen-bond donors (Lipinski definition) is 1. The van der Waals surface area contributed by atoms with Gasteiger partial charge >= 0.3 is 0 Å². The molecule has 0 atom stereocenters. The average molecular weight is 158 g/mol. The Kier molecular flexibility index (Phi) is 1.90. The van der Waals surface area contributed by atoms with E-state index in [9.17, 15) is 0 Å². The molecule has 1 aromatic heterocycles. The zero-order chi connectivity index (χ0) is 8.23. The van der Waals surface area contributed by atoms with Gasteiger partial charge in [-0.2, -0.15) is 0 Å². The monoisotopic (exact) mass is 158 g/mol. The number of hydrogen-bond acceptors (Lipinski definition) is 1. The summed E-state index contributed by atoms with van der Waals surface area (Å²) in [7, 11) is 0. The van der Waals surface area contributed by atoms with Gasteiger partial charge in [-0.1, -0.05) is 12.2 Å². The van der Waals surface area contributed by atoms with Crippen molar-refractivity contribution in [3.05, 3.63) is 42.3 Å². The van der Waals surface area contributed by atoms with E-state index in [0.717, 1.165) is 17.7 Å². The Balaban J connectivity index is 2.34. The average Bonchev–Trinajstić information content (AvgIpc) is 2.48. The van der Waals surface area contributed by atoms with Crippen LogP contribution in [0.25, 0.3) is 5.70 Å². The molecule has 1 aromatic rings. The second kappa shape index (κ2) is 3.22. The maximum Gasteiger partial charge on any atom is 0.0713 e. The molecule has 1 aliphatic rings. The normalized spacial score (nSPS) is 15.8. The summed E-state index contributed by atoms with van der Waals surface area (Å²) in [4.78, 5) is 7.33. The molecule has 0 bridgehead atoms. The van der Waals surface area contributed by atoms with E-state index < -0.39 is 0 Å². The summed E-state index contributed by atoms with van der Waals surface area (Å²) in [6.07, 6.45) is 12.8. The quantitative estimate of drug-likeness (QED) is 0.650. The molecule has 1 N–H and O–H groups in total. The van der Waals surface area contributed by atoms with Crippen LogP contribution in [0.4, 0.5) is 0 Å². The maximum absolute atomic E-state index is 4.32. The molecule has 0 aliphatic carbocycles. The summed E-state index contributed by atoms with van der Waals surface area (Å²) in [5.74, 6) is 0. The molecule has 0 fully saturated rings. The number of allylic oxidation sites excluding steroid dienone is 3. The molecule has 0 aromatic carbocycles. The fraction of sp³-hybridized carbons (Fsp3) is 0.100. The van der Waals surface area contributed by atoms with Crippen molar-refractivity contribution in [3.63, 3.8) is 0 Å². The molecule has 2 nitrogen and oxygen atoms in total. The first-order chi connectivity index (χ1) is 5.97. The lowest BCUT2D eigenvalue weighted by molar-refractivity contribution is 1.40. The molecule has 1 aliphatic heterocycles. The SMILES string of the molecule is C1=CCC=NC(c2cc[nH]c2)=C1. The number of rotatable bonds is 1. The molecule has 60 valence electrons. The Morgan fingerprint density at radius 2 is 2.42 bits per heavy atom. The van der Waals surface area contributed by atoms with E-state index in [4.69, 9.17) is 0 Å². The van der Waals surface area contributed by atoms with Gasteiger partial charge in [0.1, 0.15) is 0 Å². The highest BCUT2D eigenvalue weighted by Crippen LogP contribution is 2.15. The van der Waals surface area contributed by atoms with Crippen LogP contribution in [-0.2, 0) is 0 Å². The van der Waals surface area contributed by atoms with Crippen molar-refractivity contribution in [1.82, 2.24) is 4.98 Å². The minimum absolute atomic E-state index is 0.921. The maximum atomic E-state index is 4.32. The van der Waals surface area contributed by atoms with E-state index in [-0.39, 0.29) is 0 Å². The molecule has 0 amide bonds. The van der Waals surface area contributed by atoms with Crippen LogP contribution in [-0.4, -0.2) is 11.2 Å². The Morgan fingerprint density at radius 3 is 3.25 bits per heavy atom. The third-order valence-electron chi connectivity index (χ3n) is 1.76. The van der Waals surface area contributed by atoms with Crippen molar-refractivity contribution in [2.24, 2.45) is 4.99 Å². The van der Waals surface area contributed by atoms with E-state index in [2.05, 4.69) is 16.1 Å². The first kappa shape index (κ1) is 7.10. The minimum atomic E-state index is 0.921. The number of aromatic amines is 1. The van der Waals surface area contributed by atoms with Crippen LogP contribution in [0.15, 0.2) is 41.7 Å². The highest BCUT2D eigenvalue weighted by atomic mass is 14.7. The second-order valence-electron chi connectivity index (χ2n) is 2.63. The molecule has 0 unspecified atom stereocenters.